The smallest absolute Gasteiger partial charge is 0.198 e. The van der Waals surface area contributed by atoms with Crippen molar-refractivity contribution in [1.82, 2.24) is 0 Å². The van der Waals surface area contributed by atoms with E-state index in [4.69, 9.17) is 4.74 Å². The number of unbranched alkanes of at least 4 members (excludes halogenated alkanes) is 2. The van der Waals surface area contributed by atoms with Gasteiger partial charge >= 0.3 is 0 Å². The molecule has 0 fully saturated rings. The average Bonchev–Trinajstić information content (AvgIpc) is 2.54. The van der Waals surface area contributed by atoms with E-state index in [0.717, 1.165) is 31.4 Å². The molecular weight excluding hydrogens is 284 g/mol. The fourth-order valence-electron chi connectivity index (χ4n) is 2.48. The van der Waals surface area contributed by atoms with Crippen LogP contribution >= 0.6 is 0 Å². The third kappa shape index (κ3) is 5.37. The topological polar surface area (TPSA) is 26.3 Å². The predicted molar refractivity (Wildman–Crippen MR) is 98.1 cm³/mol. The molecule has 0 amide bonds. The quantitative estimate of drug-likeness (QED) is 0.516. The van der Waals surface area contributed by atoms with Gasteiger partial charge < -0.3 is 4.74 Å². The molecule has 0 bridgehead atoms. The van der Waals surface area contributed by atoms with Crippen molar-refractivity contribution in [2.45, 2.75) is 84.5 Å². The van der Waals surface area contributed by atoms with Gasteiger partial charge in [-0.3, -0.25) is 4.79 Å². The zero-order chi connectivity index (χ0) is 17.5. The number of hydrogen-bond acceptors (Lipinski definition) is 2. The van der Waals surface area contributed by atoms with Crippen molar-refractivity contribution in [3.8, 4) is 5.75 Å². The summed E-state index contributed by atoms with van der Waals surface area (Å²) in [5, 5.41) is 0. The zero-order valence-electron chi connectivity index (χ0n) is 15.8. The third-order valence-corrected chi connectivity index (χ3v) is 5.19. The van der Waals surface area contributed by atoms with Crippen LogP contribution in [0.15, 0.2) is 18.2 Å². The summed E-state index contributed by atoms with van der Waals surface area (Å²) in [6.07, 6.45) is 6.35. The van der Waals surface area contributed by atoms with E-state index in [1.165, 1.54) is 11.1 Å². The van der Waals surface area contributed by atoms with Crippen molar-refractivity contribution in [1.29, 1.82) is 0 Å². The van der Waals surface area contributed by atoms with Crippen LogP contribution in [0.3, 0.4) is 0 Å². The molecule has 0 aliphatic rings. The molecule has 0 unspecified atom stereocenters. The van der Waals surface area contributed by atoms with E-state index >= 15 is 0 Å². The van der Waals surface area contributed by atoms with Gasteiger partial charge in [0.2, 0.25) is 0 Å². The summed E-state index contributed by atoms with van der Waals surface area (Å²) >= 11 is 0. The predicted octanol–water partition coefficient (Wildman–Crippen LogP) is 5.72. The first-order valence-electron chi connectivity index (χ1n) is 8.91. The van der Waals surface area contributed by atoms with Crippen molar-refractivity contribution >= 4 is 6.29 Å². The lowest BCUT2D eigenvalue weighted by molar-refractivity contribution is 0.297. The summed E-state index contributed by atoms with van der Waals surface area (Å²) in [4.78, 5) is 10.3. The molecule has 23 heavy (non-hydrogen) atoms. The molecule has 2 heteroatoms. The van der Waals surface area contributed by atoms with Gasteiger partial charge in [-0.2, -0.15) is 0 Å². The normalized spacial score (nSPS) is 12.3. The first-order valence-corrected chi connectivity index (χ1v) is 8.91. The van der Waals surface area contributed by atoms with Crippen LogP contribution in [0.4, 0.5) is 0 Å². The molecule has 0 aliphatic carbocycles. The Balaban J connectivity index is 3.03. The van der Waals surface area contributed by atoms with Gasteiger partial charge in [0, 0.05) is 12.0 Å². The van der Waals surface area contributed by atoms with E-state index in [9.17, 15) is 4.79 Å². The van der Waals surface area contributed by atoms with E-state index in [0.29, 0.717) is 13.0 Å². The Morgan fingerprint density at radius 3 is 2.22 bits per heavy atom. The van der Waals surface area contributed by atoms with Crippen molar-refractivity contribution in [3.63, 3.8) is 0 Å². The van der Waals surface area contributed by atoms with Crippen LogP contribution in [-0.2, 0) is 15.6 Å². The highest BCUT2D eigenvalue weighted by molar-refractivity contribution is 5.50. The van der Waals surface area contributed by atoms with Crippen LogP contribution < -0.4 is 4.74 Å². The molecule has 129 valence electrons. The second-order valence-electron chi connectivity index (χ2n) is 7.64. The van der Waals surface area contributed by atoms with E-state index in [1.807, 2.05) is 6.29 Å². The number of benzene rings is 1. The molecule has 1 aromatic carbocycles. The van der Waals surface area contributed by atoms with Crippen LogP contribution in [0.2, 0.25) is 0 Å². The zero-order valence-corrected chi connectivity index (χ0v) is 15.8. The fraction of sp³-hybridized carbons (Fsp3) is 0.667. The van der Waals surface area contributed by atoms with Crippen molar-refractivity contribution < 1.29 is 9.53 Å². The van der Waals surface area contributed by atoms with Gasteiger partial charge in [0.15, 0.2) is 6.29 Å². The minimum absolute atomic E-state index is 0.0890. The first-order chi connectivity index (χ1) is 10.8. The summed E-state index contributed by atoms with van der Waals surface area (Å²) in [5.74, 6) is 0.989. The van der Waals surface area contributed by atoms with Gasteiger partial charge in [-0.25, -0.2) is 0 Å². The minimum atomic E-state index is 0.0890. The molecular formula is C21H33O2. The molecule has 0 atom stereocenters. The molecule has 2 nitrogen and oxygen atoms in total. The summed E-state index contributed by atoms with van der Waals surface area (Å²) in [6, 6.07) is 6.67. The summed E-state index contributed by atoms with van der Waals surface area (Å²) in [5.41, 5.74) is 2.93. The summed E-state index contributed by atoms with van der Waals surface area (Å²) in [6.45, 7) is 14.3. The van der Waals surface area contributed by atoms with Crippen molar-refractivity contribution in [2.24, 2.45) is 0 Å². The Morgan fingerprint density at radius 1 is 1.00 bits per heavy atom. The molecule has 1 rings (SSSR count). The highest BCUT2D eigenvalue weighted by Gasteiger charge is 2.26. The number of carbonyl (C=O) groups excluding carboxylic acids is 1. The highest BCUT2D eigenvalue weighted by atomic mass is 16.5. The molecule has 0 aliphatic heterocycles. The van der Waals surface area contributed by atoms with Crippen LogP contribution in [0, 0.1) is 0 Å². The molecule has 0 saturated heterocycles. The second-order valence-corrected chi connectivity index (χ2v) is 7.64. The van der Waals surface area contributed by atoms with Crippen molar-refractivity contribution in [3.05, 3.63) is 29.3 Å². The van der Waals surface area contributed by atoms with Gasteiger partial charge in [0.25, 0.3) is 0 Å². The average molecular weight is 317 g/mol. The number of ether oxygens (including phenoxy) is 1. The first kappa shape index (κ1) is 19.7. The van der Waals surface area contributed by atoms with Crippen LogP contribution in [0.1, 0.15) is 84.8 Å². The minimum Gasteiger partial charge on any atom is -0.493 e. The maximum atomic E-state index is 10.3. The second kappa shape index (κ2) is 8.52. The largest absolute Gasteiger partial charge is 0.493 e. The third-order valence-electron chi connectivity index (χ3n) is 5.19. The number of hydrogen-bond donors (Lipinski definition) is 0. The molecule has 0 spiro atoms. The van der Waals surface area contributed by atoms with E-state index in [2.05, 4.69) is 59.7 Å². The molecule has 0 aromatic heterocycles. The van der Waals surface area contributed by atoms with Gasteiger partial charge in [-0.15, -0.1) is 0 Å². The van der Waals surface area contributed by atoms with Crippen LogP contribution in [0.5, 0.6) is 5.75 Å². The highest BCUT2D eigenvalue weighted by Crippen LogP contribution is 2.38. The van der Waals surface area contributed by atoms with Gasteiger partial charge in [-0.05, 0) is 48.1 Å². The molecule has 0 saturated carbocycles. The lowest BCUT2D eigenvalue weighted by atomic mass is 9.76. The lowest BCUT2D eigenvalue weighted by Gasteiger charge is -2.30. The molecule has 0 heterocycles. The Bertz CT molecular complexity index is 501. The standard InChI is InChI=1S/C21H33O2/c1-7-20(3,4)17-12-13-19(23-15-11-9-10-14-22)18(16-17)21(5,6)8-2/h12-13,16H,7-11,15H2,1-6H3. The Labute approximate surface area is 142 Å². The molecule has 1 aromatic rings. The fourth-order valence-corrected chi connectivity index (χ4v) is 2.48. The maximum Gasteiger partial charge on any atom is 0.198 e. The van der Waals surface area contributed by atoms with E-state index < -0.39 is 0 Å². The maximum absolute atomic E-state index is 10.3. The van der Waals surface area contributed by atoms with Crippen LogP contribution in [0.25, 0.3) is 0 Å². The molecule has 0 N–H and O–H groups in total. The van der Waals surface area contributed by atoms with Crippen LogP contribution in [-0.4, -0.2) is 12.9 Å². The SMILES string of the molecule is CCC(C)(C)c1ccc(OCCCC[C]=O)c(C(C)(C)CC)c1. The van der Waals surface area contributed by atoms with E-state index in [-0.39, 0.29) is 10.8 Å². The monoisotopic (exact) mass is 317 g/mol. The Hall–Kier alpha value is -1.31. The van der Waals surface area contributed by atoms with Crippen molar-refractivity contribution in [2.75, 3.05) is 6.61 Å². The number of rotatable bonds is 10. The van der Waals surface area contributed by atoms with E-state index in [1.54, 1.807) is 0 Å². The van der Waals surface area contributed by atoms with Gasteiger partial charge in [0.1, 0.15) is 5.75 Å². The summed E-state index contributed by atoms with van der Waals surface area (Å²) in [7, 11) is 0. The Kier molecular flexibility index (Phi) is 7.31. The molecule has 1 radical (unpaired) electrons. The van der Waals surface area contributed by atoms with Gasteiger partial charge in [-0.1, -0.05) is 53.7 Å². The Morgan fingerprint density at radius 2 is 1.65 bits per heavy atom. The summed E-state index contributed by atoms with van der Waals surface area (Å²) < 4.78 is 6.04. The lowest BCUT2D eigenvalue weighted by Crippen LogP contribution is -2.21. The van der Waals surface area contributed by atoms with Gasteiger partial charge in [0.05, 0.1) is 6.61 Å².